The number of nitrogens with two attached hydrogens (primary N) is 1. The van der Waals surface area contributed by atoms with Crippen LogP contribution in [-0.2, 0) is 0 Å². The highest BCUT2D eigenvalue weighted by molar-refractivity contribution is 5.55. The molecule has 0 radical (unpaired) electrons. The summed E-state index contributed by atoms with van der Waals surface area (Å²) in [5.74, 6) is 1.39. The molecule has 6 nitrogen and oxygen atoms in total. The molecular formula is C11H12N4O2. The summed E-state index contributed by atoms with van der Waals surface area (Å²) in [4.78, 5) is 8.06. The standard InChI is InChI=1S/C11H12N4O2/c1-13-11-14-5-4-10(15-11)17-7-2-3-9(16)8(12)6-7/h2-6,16H,12H2,1H3,(H,13,14,15). The van der Waals surface area contributed by atoms with Crippen LogP contribution in [0.5, 0.6) is 17.4 Å². The smallest absolute Gasteiger partial charge is 0.225 e. The van der Waals surface area contributed by atoms with E-state index in [9.17, 15) is 5.11 Å². The number of rotatable bonds is 3. The number of aromatic hydroxyl groups is 1. The van der Waals surface area contributed by atoms with Crippen molar-refractivity contribution in [2.45, 2.75) is 0 Å². The van der Waals surface area contributed by atoms with E-state index in [0.717, 1.165) is 0 Å². The fourth-order valence-corrected chi connectivity index (χ4v) is 1.24. The van der Waals surface area contributed by atoms with Gasteiger partial charge in [-0.25, -0.2) is 4.98 Å². The quantitative estimate of drug-likeness (QED) is 0.549. The third-order valence-electron chi connectivity index (χ3n) is 2.08. The summed E-state index contributed by atoms with van der Waals surface area (Å²) in [5, 5.41) is 12.1. The van der Waals surface area contributed by atoms with Gasteiger partial charge in [0.1, 0.15) is 11.5 Å². The topological polar surface area (TPSA) is 93.3 Å². The maximum atomic E-state index is 9.28. The molecule has 1 heterocycles. The summed E-state index contributed by atoms with van der Waals surface area (Å²) >= 11 is 0. The molecule has 4 N–H and O–H groups in total. The zero-order valence-corrected chi connectivity index (χ0v) is 9.21. The zero-order chi connectivity index (χ0) is 12.3. The van der Waals surface area contributed by atoms with E-state index in [1.54, 1.807) is 25.4 Å². The molecule has 2 aromatic rings. The lowest BCUT2D eigenvalue weighted by Crippen LogP contribution is -1.97. The number of ether oxygens (including phenoxy) is 1. The van der Waals surface area contributed by atoms with Gasteiger partial charge in [0.25, 0.3) is 0 Å². The van der Waals surface area contributed by atoms with Gasteiger partial charge in [-0.2, -0.15) is 4.98 Å². The van der Waals surface area contributed by atoms with Gasteiger partial charge in [0.2, 0.25) is 11.8 Å². The maximum absolute atomic E-state index is 9.28. The van der Waals surface area contributed by atoms with Crippen molar-refractivity contribution >= 4 is 11.6 Å². The molecule has 1 aromatic carbocycles. The number of benzene rings is 1. The van der Waals surface area contributed by atoms with Crippen LogP contribution in [0.3, 0.4) is 0 Å². The molecule has 0 aliphatic carbocycles. The molecule has 0 unspecified atom stereocenters. The fourth-order valence-electron chi connectivity index (χ4n) is 1.24. The molecular weight excluding hydrogens is 220 g/mol. The highest BCUT2D eigenvalue weighted by Crippen LogP contribution is 2.27. The molecule has 1 aromatic heterocycles. The van der Waals surface area contributed by atoms with E-state index in [0.29, 0.717) is 17.6 Å². The van der Waals surface area contributed by atoms with Crippen molar-refractivity contribution in [1.29, 1.82) is 0 Å². The predicted octanol–water partition coefficient (Wildman–Crippen LogP) is 1.60. The molecule has 88 valence electrons. The summed E-state index contributed by atoms with van der Waals surface area (Å²) in [5.41, 5.74) is 5.81. The molecule has 0 amide bonds. The lowest BCUT2D eigenvalue weighted by atomic mass is 10.3. The van der Waals surface area contributed by atoms with Gasteiger partial charge in [-0.05, 0) is 12.1 Å². The van der Waals surface area contributed by atoms with Crippen LogP contribution in [0, 0.1) is 0 Å². The van der Waals surface area contributed by atoms with Crippen molar-refractivity contribution in [3.63, 3.8) is 0 Å². The number of nitrogens with one attached hydrogen (secondary N) is 1. The molecule has 0 atom stereocenters. The van der Waals surface area contributed by atoms with Crippen molar-refractivity contribution in [1.82, 2.24) is 9.97 Å². The molecule has 2 rings (SSSR count). The molecule has 0 aliphatic heterocycles. The number of nitrogen functional groups attached to an aromatic ring is 1. The minimum Gasteiger partial charge on any atom is -0.506 e. The molecule has 0 spiro atoms. The van der Waals surface area contributed by atoms with E-state index in [2.05, 4.69) is 15.3 Å². The molecule has 0 aliphatic rings. The van der Waals surface area contributed by atoms with Crippen LogP contribution < -0.4 is 15.8 Å². The summed E-state index contributed by atoms with van der Waals surface area (Å²) in [6, 6.07) is 6.22. The van der Waals surface area contributed by atoms with E-state index in [1.807, 2.05) is 0 Å². The number of nitrogens with zero attached hydrogens (tertiary/aromatic N) is 2. The van der Waals surface area contributed by atoms with Gasteiger partial charge >= 0.3 is 0 Å². The van der Waals surface area contributed by atoms with Crippen LogP contribution in [0.2, 0.25) is 0 Å². The molecule has 0 fully saturated rings. The van der Waals surface area contributed by atoms with Gasteiger partial charge < -0.3 is 20.9 Å². The number of phenolic OH excluding ortho intramolecular Hbond substituents is 1. The average Bonchev–Trinajstić information content (AvgIpc) is 2.34. The Morgan fingerprint density at radius 2 is 2.18 bits per heavy atom. The van der Waals surface area contributed by atoms with Crippen LogP contribution >= 0.6 is 0 Å². The Morgan fingerprint density at radius 3 is 2.88 bits per heavy atom. The van der Waals surface area contributed by atoms with Crippen molar-refractivity contribution in [3.8, 4) is 17.4 Å². The lowest BCUT2D eigenvalue weighted by Gasteiger charge is -2.07. The van der Waals surface area contributed by atoms with Crippen LogP contribution in [0.4, 0.5) is 11.6 Å². The Kier molecular flexibility index (Phi) is 2.95. The number of hydrogen-bond acceptors (Lipinski definition) is 6. The minimum atomic E-state index is 0.0240. The predicted molar refractivity (Wildman–Crippen MR) is 64.2 cm³/mol. The first-order valence-electron chi connectivity index (χ1n) is 4.96. The van der Waals surface area contributed by atoms with Gasteiger partial charge in [-0.3, -0.25) is 0 Å². The third kappa shape index (κ3) is 2.54. The Morgan fingerprint density at radius 1 is 1.35 bits per heavy atom. The highest BCUT2D eigenvalue weighted by atomic mass is 16.5. The van der Waals surface area contributed by atoms with Crippen LogP contribution in [-0.4, -0.2) is 22.1 Å². The number of hydrogen-bond donors (Lipinski definition) is 3. The summed E-state index contributed by atoms with van der Waals surface area (Å²) in [7, 11) is 1.72. The van der Waals surface area contributed by atoms with Crippen molar-refractivity contribution < 1.29 is 9.84 Å². The molecule has 0 saturated carbocycles. The highest BCUT2D eigenvalue weighted by Gasteiger charge is 2.03. The maximum Gasteiger partial charge on any atom is 0.225 e. The van der Waals surface area contributed by atoms with E-state index < -0.39 is 0 Å². The van der Waals surface area contributed by atoms with Gasteiger partial charge in [0.15, 0.2) is 0 Å². The second-order valence-electron chi connectivity index (χ2n) is 3.29. The third-order valence-corrected chi connectivity index (χ3v) is 2.08. The summed E-state index contributed by atoms with van der Waals surface area (Å²) in [6.07, 6.45) is 1.58. The van der Waals surface area contributed by atoms with Gasteiger partial charge in [-0.15, -0.1) is 0 Å². The van der Waals surface area contributed by atoms with Crippen LogP contribution in [0.15, 0.2) is 30.5 Å². The van der Waals surface area contributed by atoms with E-state index in [1.165, 1.54) is 12.1 Å². The van der Waals surface area contributed by atoms with Crippen molar-refractivity contribution in [3.05, 3.63) is 30.5 Å². The van der Waals surface area contributed by atoms with E-state index >= 15 is 0 Å². The van der Waals surface area contributed by atoms with Crippen molar-refractivity contribution in [2.24, 2.45) is 0 Å². The summed E-state index contributed by atoms with van der Waals surface area (Å²) < 4.78 is 5.47. The van der Waals surface area contributed by atoms with Gasteiger partial charge in [-0.1, -0.05) is 0 Å². The number of aromatic nitrogens is 2. The zero-order valence-electron chi connectivity index (χ0n) is 9.21. The van der Waals surface area contributed by atoms with E-state index in [4.69, 9.17) is 10.5 Å². The summed E-state index contributed by atoms with van der Waals surface area (Å²) in [6.45, 7) is 0. The van der Waals surface area contributed by atoms with Crippen LogP contribution in [0.1, 0.15) is 0 Å². The SMILES string of the molecule is CNc1nccc(Oc2ccc(O)c(N)c2)n1. The van der Waals surface area contributed by atoms with E-state index in [-0.39, 0.29) is 11.4 Å². The Bertz CT molecular complexity index is 531. The molecule has 17 heavy (non-hydrogen) atoms. The van der Waals surface area contributed by atoms with Crippen LogP contribution in [0.25, 0.3) is 0 Å². The molecule has 0 saturated heterocycles. The normalized spacial score (nSPS) is 9.94. The lowest BCUT2D eigenvalue weighted by molar-refractivity contribution is 0.455. The number of anilines is 2. The minimum absolute atomic E-state index is 0.0240. The first-order valence-corrected chi connectivity index (χ1v) is 4.96. The molecule has 6 heteroatoms. The first-order chi connectivity index (χ1) is 8.19. The Hall–Kier alpha value is -2.50. The number of phenols is 1. The average molecular weight is 232 g/mol. The molecule has 0 bridgehead atoms. The first kappa shape index (κ1) is 11.0. The second-order valence-corrected chi connectivity index (χ2v) is 3.29. The Balaban J connectivity index is 2.22. The van der Waals surface area contributed by atoms with Crippen molar-refractivity contribution in [2.75, 3.05) is 18.1 Å². The Labute approximate surface area is 98.1 Å². The van der Waals surface area contributed by atoms with Gasteiger partial charge in [0, 0.05) is 25.4 Å². The second kappa shape index (κ2) is 4.56. The van der Waals surface area contributed by atoms with Gasteiger partial charge in [0.05, 0.1) is 5.69 Å². The largest absolute Gasteiger partial charge is 0.506 e. The monoisotopic (exact) mass is 232 g/mol. The fraction of sp³-hybridized carbons (Fsp3) is 0.0909.